The summed E-state index contributed by atoms with van der Waals surface area (Å²) in [5, 5.41) is 109. The minimum atomic E-state index is -2.17. The predicted octanol–water partition coefficient (Wildman–Crippen LogP) is -7.40. The summed E-state index contributed by atoms with van der Waals surface area (Å²) in [6.45, 7) is 7.17. The van der Waals surface area contributed by atoms with E-state index in [0.29, 0.717) is 12.8 Å². The Morgan fingerprint density at radius 3 is 1.23 bits per heavy atom. The van der Waals surface area contributed by atoms with E-state index in [1.807, 2.05) is 0 Å². The van der Waals surface area contributed by atoms with E-state index >= 15 is 0 Å². The van der Waals surface area contributed by atoms with Crippen LogP contribution in [-0.4, -0.2) is 310 Å². The van der Waals surface area contributed by atoms with Crippen molar-refractivity contribution in [2.24, 2.45) is 40.7 Å². The lowest BCUT2D eigenvalue weighted by Gasteiger charge is -2.31. The van der Waals surface area contributed by atoms with E-state index < -0.39 is 335 Å². The summed E-state index contributed by atoms with van der Waals surface area (Å²) < 4.78 is 0. The molecule has 2 fully saturated rings. The number of aliphatic carboxylic acids is 6. The summed E-state index contributed by atoms with van der Waals surface area (Å²) in [5.41, 5.74) is 22.3. The van der Waals surface area contributed by atoms with E-state index in [-0.39, 0.29) is 88.2 Å². The largest absolute Gasteiger partial charge is 0.508 e. The average Bonchev–Trinajstić information content (AvgIpc) is 1.72. The highest BCUT2D eigenvalue weighted by Gasteiger charge is 2.44. The number of unbranched alkanes of at least 4 members (excludes halogenated alkanes) is 1. The predicted molar refractivity (Wildman–Crippen MR) is 453 cm³/mol. The number of carbonyl (C=O) groups is 23. The fourth-order valence-electron chi connectivity index (χ4n) is 14.0. The van der Waals surface area contributed by atoms with E-state index in [2.05, 4.69) is 69.1 Å². The minimum absolute atomic E-state index is 0.000658. The smallest absolute Gasteiger partial charge is 0.326 e. The van der Waals surface area contributed by atoms with Crippen LogP contribution in [0.4, 0.5) is 0 Å². The van der Waals surface area contributed by atoms with Crippen LogP contribution in [0.15, 0.2) is 24.3 Å². The summed E-state index contributed by atoms with van der Waals surface area (Å²) in [4.78, 5) is 310. The van der Waals surface area contributed by atoms with Gasteiger partial charge < -0.3 is 143 Å². The van der Waals surface area contributed by atoms with Gasteiger partial charge in [-0.1, -0.05) is 66.5 Å². The number of aliphatic hydroxyl groups is 1. The van der Waals surface area contributed by atoms with Gasteiger partial charge in [-0.25, -0.2) is 4.79 Å². The molecule has 50 nitrogen and oxygen atoms in total. The Bertz CT molecular complexity index is 4230. The van der Waals surface area contributed by atoms with Crippen LogP contribution in [-0.2, 0) is 117 Å². The molecule has 1 aromatic rings. The maximum Gasteiger partial charge on any atom is 0.326 e. The van der Waals surface area contributed by atoms with E-state index in [1.54, 1.807) is 27.7 Å². The number of benzene rings is 1. The third kappa shape index (κ3) is 39.3. The number of carboxylic acids is 6. The lowest BCUT2D eigenvalue weighted by molar-refractivity contribution is -0.145. The van der Waals surface area contributed by atoms with E-state index in [1.165, 1.54) is 38.1 Å². The zero-order chi connectivity index (χ0) is 98.8. The first kappa shape index (κ1) is 112. The molecule has 730 valence electrons. The van der Waals surface area contributed by atoms with E-state index in [0.717, 1.165) is 9.80 Å². The number of amides is 17. The third-order valence-corrected chi connectivity index (χ3v) is 21.6. The van der Waals surface area contributed by atoms with Crippen molar-refractivity contribution in [3.05, 3.63) is 29.8 Å². The summed E-state index contributed by atoms with van der Waals surface area (Å²) in [7, 11) is 0. The van der Waals surface area contributed by atoms with Crippen molar-refractivity contribution < 1.29 is 151 Å². The number of likely N-dealkylation sites (tertiary alicyclic amines) is 2. The van der Waals surface area contributed by atoms with Crippen LogP contribution >= 0.6 is 0 Å². The average molecular weight is 1860 g/mol. The van der Waals surface area contributed by atoms with Gasteiger partial charge in [-0.05, 0) is 125 Å². The fourth-order valence-corrected chi connectivity index (χ4v) is 14.0. The monoisotopic (exact) mass is 1860 g/mol. The van der Waals surface area contributed by atoms with Crippen molar-refractivity contribution in [2.45, 2.75) is 280 Å². The highest BCUT2D eigenvalue weighted by atomic mass is 16.4. The van der Waals surface area contributed by atoms with Crippen LogP contribution in [0.3, 0.4) is 0 Å². The molecule has 0 aliphatic carbocycles. The van der Waals surface area contributed by atoms with Crippen molar-refractivity contribution in [1.82, 2.24) is 78.9 Å². The maximum absolute atomic E-state index is 14.6. The molecule has 3 rings (SSSR count). The second-order valence-electron chi connectivity index (χ2n) is 32.4. The SMILES string of the molecule is CC[C@H](C)[C@H](NC(=O)[C@H](CO)NC(=O)[C@@H](NC(=O)[C@H](CCC(=O)O)NC(=O)[C@H](CC(=O)O)NC(=O)[C@@H]1CCCN1C(=O)[C@H](CCC(=O)O)NC(=O)CNC(=O)[C@H](CCC(N)=O)NC(=O)[C@H](Cc1ccc(O)cc1)NC(=O)[C@H](CCC(=O)O)NC(=O)[C@@H]1CCCN1C(=O)[C@H](CC(C)C)NC(=O)[C@@H](N)CC(=O)O)[C@@H](C)CC)C(=O)N[C@@H](CCC(N)=O)C(=O)N[C@@H](CCCCN)C(=O)O. The van der Waals surface area contributed by atoms with Gasteiger partial charge in [-0.15, -0.1) is 0 Å². The Labute approximate surface area is 752 Å². The van der Waals surface area contributed by atoms with Gasteiger partial charge in [-0.2, -0.15) is 0 Å². The Kier molecular flexibility index (Phi) is 48.0. The standard InChI is InChI=1S/C81H125N19O31/c1-7-40(5)65(77(126)91-46(21-26-58(85)104)69(118)92-50(81(130)131)13-9-10-30-82)98-74(123)54(38-101)96-78(127)66(41(6)8-2)97-71(120)48(23-28-61(108)109)89-73(122)52(36-64(114)115)94-76(125)56-15-11-31-99(56)79(128)49(24-29-62(110)111)87-59(105)37-86-68(117)45(20-25-57(84)103)88-72(121)51(34-42-16-18-43(102)19-17-42)93-70(119)47(22-27-60(106)107)90-75(124)55-14-12-32-100(55)80(129)53(33-39(3)4)95-67(116)44(83)35-63(112)113/h16-19,39-41,44-56,65-66,101-102H,7-15,20-38,82-83H2,1-6H3,(H2,84,103)(H2,85,104)(H,86,117)(H,87,105)(H,88,121)(H,89,122)(H,90,124)(H,91,126)(H,92,118)(H,93,119)(H,94,125)(H,95,116)(H,96,127)(H,97,120)(H,98,123)(H,106,107)(H,108,109)(H,110,111)(H,112,113)(H,114,115)(H,130,131)/t40-,41-,44-,45-,46-,47-,48-,49-,50-,51-,52-,53-,54-,55-,56-,65-,66-/m0/s1. The number of aliphatic hydroxyl groups excluding tert-OH is 1. The first-order valence-corrected chi connectivity index (χ1v) is 42.8. The minimum Gasteiger partial charge on any atom is -0.508 e. The molecule has 0 bridgehead atoms. The lowest BCUT2D eigenvalue weighted by atomic mass is 9.96. The molecule has 0 aromatic heterocycles. The van der Waals surface area contributed by atoms with Crippen LogP contribution in [0.1, 0.15) is 188 Å². The van der Waals surface area contributed by atoms with Gasteiger partial charge in [0, 0.05) is 51.6 Å². The van der Waals surface area contributed by atoms with E-state index in [9.17, 15) is 151 Å². The molecule has 131 heavy (non-hydrogen) atoms. The maximum atomic E-state index is 14.6. The number of nitrogens with two attached hydrogens (primary N) is 4. The number of phenols is 1. The van der Waals surface area contributed by atoms with Gasteiger partial charge in [0.05, 0.1) is 32.0 Å². The fraction of sp³-hybridized carbons (Fsp3) is 0.642. The summed E-state index contributed by atoms with van der Waals surface area (Å²) in [6.07, 6.45) is -8.38. The Hall–Kier alpha value is -13.3. The Morgan fingerprint density at radius 1 is 0.412 bits per heavy atom. The topological polar surface area (TPSA) is 821 Å². The number of rotatable bonds is 61. The van der Waals surface area contributed by atoms with Crippen LogP contribution in [0, 0.1) is 17.8 Å². The molecule has 50 heteroatoms. The number of aromatic hydroxyl groups is 1. The summed E-state index contributed by atoms with van der Waals surface area (Å²) in [6, 6.07) is -20.4. The van der Waals surface area contributed by atoms with Crippen molar-refractivity contribution >= 4 is 136 Å². The van der Waals surface area contributed by atoms with Gasteiger partial charge in [0.25, 0.3) is 0 Å². The second kappa shape index (κ2) is 56.2. The lowest BCUT2D eigenvalue weighted by Crippen LogP contribution is -2.62. The number of carboxylic acid groups (broad SMARTS) is 6. The van der Waals surface area contributed by atoms with Crippen molar-refractivity contribution in [1.29, 1.82) is 0 Å². The van der Waals surface area contributed by atoms with Crippen LogP contribution < -0.4 is 92.1 Å². The summed E-state index contributed by atoms with van der Waals surface area (Å²) in [5.74, 6) is -30.3. The molecule has 0 saturated carbocycles. The van der Waals surface area contributed by atoms with Gasteiger partial charge in [0.1, 0.15) is 90.3 Å². The first-order valence-electron chi connectivity index (χ1n) is 42.8. The quantitative estimate of drug-likeness (QED) is 0.0269. The molecule has 1 aromatic carbocycles. The molecule has 17 amide bonds. The van der Waals surface area contributed by atoms with Crippen LogP contribution in [0.5, 0.6) is 5.75 Å². The van der Waals surface area contributed by atoms with Crippen LogP contribution in [0.25, 0.3) is 0 Å². The molecule has 0 spiro atoms. The Morgan fingerprint density at radius 2 is 0.794 bits per heavy atom. The van der Waals surface area contributed by atoms with Gasteiger partial charge >= 0.3 is 35.8 Å². The van der Waals surface area contributed by atoms with Crippen LogP contribution in [0.2, 0.25) is 0 Å². The van der Waals surface area contributed by atoms with Gasteiger partial charge in [-0.3, -0.25) is 105 Å². The molecule has 2 saturated heterocycles. The normalized spacial score (nSPS) is 16.9. The number of primary amides is 2. The molecule has 2 aliphatic rings. The molecule has 2 heterocycles. The second-order valence-corrected chi connectivity index (χ2v) is 32.4. The molecule has 2 aliphatic heterocycles. The van der Waals surface area contributed by atoms with Crippen molar-refractivity contribution in [3.8, 4) is 5.75 Å². The zero-order valence-electron chi connectivity index (χ0n) is 73.7. The molecule has 0 unspecified atom stereocenters. The van der Waals surface area contributed by atoms with Crippen molar-refractivity contribution in [3.63, 3.8) is 0 Å². The Balaban J connectivity index is 1.90. The molecular formula is C81H125N19O31. The van der Waals surface area contributed by atoms with E-state index in [4.69, 9.17) is 22.9 Å². The first-order chi connectivity index (χ1) is 61.6. The third-order valence-electron chi connectivity index (χ3n) is 21.6. The number of nitrogens with one attached hydrogen (secondary N) is 13. The molecule has 0 radical (unpaired) electrons. The van der Waals surface area contributed by atoms with Gasteiger partial charge in [0.15, 0.2) is 0 Å². The number of hydrogen-bond acceptors (Lipinski definition) is 27. The van der Waals surface area contributed by atoms with Gasteiger partial charge in [0.2, 0.25) is 100 Å². The summed E-state index contributed by atoms with van der Waals surface area (Å²) >= 11 is 0. The van der Waals surface area contributed by atoms with Crippen molar-refractivity contribution in [2.75, 3.05) is 32.8 Å². The zero-order valence-corrected chi connectivity index (χ0v) is 73.7. The molecule has 17 atom stereocenters. The molecular weight excluding hydrogens is 1730 g/mol. The molecule has 29 N–H and O–H groups in total. The number of phenolic OH excluding ortho intramolecular Hbond substituents is 1. The highest BCUT2D eigenvalue weighted by molar-refractivity contribution is 6.02. The highest BCUT2D eigenvalue weighted by Crippen LogP contribution is 2.25. The number of carbonyl (C=O) groups excluding carboxylic acids is 17. The number of hydrogen-bond donors (Lipinski definition) is 25. The number of nitrogens with zero attached hydrogens (tertiary/aromatic N) is 2.